The maximum absolute atomic E-state index is 5.42. The molecule has 1 heterocycles. The van der Waals surface area contributed by atoms with Crippen molar-refractivity contribution in [2.75, 3.05) is 0 Å². The highest BCUT2D eigenvalue weighted by molar-refractivity contribution is 5.06. The summed E-state index contributed by atoms with van der Waals surface area (Å²) in [6, 6.07) is 0. The first-order valence-corrected chi connectivity index (χ1v) is 4.72. The monoisotopic (exact) mass is 165 g/mol. The Kier molecular flexibility index (Phi) is 1.91. The molecule has 0 amide bonds. The molecule has 2 nitrogen and oxygen atoms in total. The van der Waals surface area contributed by atoms with E-state index < -0.39 is 0 Å². The zero-order valence-corrected chi connectivity index (χ0v) is 7.71. The van der Waals surface area contributed by atoms with E-state index in [1.807, 2.05) is 0 Å². The lowest BCUT2D eigenvalue weighted by molar-refractivity contribution is 0.335. The Morgan fingerprint density at radius 2 is 2.25 bits per heavy atom. The fourth-order valence-electron chi connectivity index (χ4n) is 1.41. The molecule has 0 spiro atoms. The summed E-state index contributed by atoms with van der Waals surface area (Å²) in [7, 11) is 0. The first-order chi connectivity index (χ1) is 5.77. The van der Waals surface area contributed by atoms with Crippen molar-refractivity contribution in [2.45, 2.75) is 44.9 Å². The van der Waals surface area contributed by atoms with E-state index in [9.17, 15) is 0 Å². The van der Waals surface area contributed by atoms with Crippen LogP contribution in [0.25, 0.3) is 0 Å². The Labute approximate surface area is 73.0 Å². The molecule has 1 saturated carbocycles. The van der Waals surface area contributed by atoms with Crippen LogP contribution in [0.2, 0.25) is 0 Å². The molecule has 1 aliphatic carbocycles. The molecule has 0 aromatic carbocycles. The van der Waals surface area contributed by atoms with Crippen molar-refractivity contribution in [1.82, 2.24) is 4.98 Å². The summed E-state index contributed by atoms with van der Waals surface area (Å²) < 4.78 is 5.42. The van der Waals surface area contributed by atoms with E-state index in [0.717, 1.165) is 11.6 Å². The van der Waals surface area contributed by atoms with Crippen molar-refractivity contribution >= 4 is 0 Å². The molecule has 0 bridgehead atoms. The largest absolute Gasteiger partial charge is 0.448 e. The highest BCUT2D eigenvalue weighted by Gasteiger charge is 2.24. The zero-order chi connectivity index (χ0) is 8.55. The SMILES string of the molecule is CC(C)c1coc(C2CCC2)n1. The average Bonchev–Trinajstić information content (AvgIpc) is 2.32. The minimum atomic E-state index is 0.488. The first-order valence-electron chi connectivity index (χ1n) is 4.72. The van der Waals surface area contributed by atoms with Crippen molar-refractivity contribution in [3.63, 3.8) is 0 Å². The summed E-state index contributed by atoms with van der Waals surface area (Å²) in [4.78, 5) is 4.47. The van der Waals surface area contributed by atoms with Crippen LogP contribution in [0.5, 0.6) is 0 Å². The lowest BCUT2D eigenvalue weighted by Crippen LogP contribution is -2.09. The molecule has 1 aromatic rings. The summed E-state index contributed by atoms with van der Waals surface area (Å²) in [5, 5.41) is 0. The molecule has 1 fully saturated rings. The van der Waals surface area contributed by atoms with E-state index in [1.165, 1.54) is 19.3 Å². The standard InChI is InChI=1S/C10H15NO/c1-7(2)9-6-12-10(11-9)8-4-3-5-8/h6-8H,3-5H2,1-2H3. The van der Waals surface area contributed by atoms with Crippen molar-refractivity contribution in [3.8, 4) is 0 Å². The second kappa shape index (κ2) is 2.92. The van der Waals surface area contributed by atoms with E-state index in [-0.39, 0.29) is 0 Å². The van der Waals surface area contributed by atoms with Gasteiger partial charge in [-0.2, -0.15) is 0 Å². The third-order valence-corrected chi connectivity index (χ3v) is 2.59. The fourth-order valence-corrected chi connectivity index (χ4v) is 1.41. The topological polar surface area (TPSA) is 26.0 Å². The summed E-state index contributed by atoms with van der Waals surface area (Å²) in [5.74, 6) is 2.07. The van der Waals surface area contributed by atoms with E-state index in [1.54, 1.807) is 6.26 Å². The second-order valence-corrected chi connectivity index (χ2v) is 3.89. The van der Waals surface area contributed by atoms with E-state index >= 15 is 0 Å². The lowest BCUT2D eigenvalue weighted by Gasteiger charge is -2.21. The van der Waals surface area contributed by atoms with Crippen molar-refractivity contribution < 1.29 is 4.42 Å². The van der Waals surface area contributed by atoms with Crippen LogP contribution in [0, 0.1) is 0 Å². The number of nitrogens with zero attached hydrogens (tertiary/aromatic N) is 1. The molecule has 12 heavy (non-hydrogen) atoms. The van der Waals surface area contributed by atoms with Crippen LogP contribution in [-0.4, -0.2) is 4.98 Å². The normalized spacial score (nSPS) is 18.2. The van der Waals surface area contributed by atoms with Crippen LogP contribution in [0.4, 0.5) is 0 Å². The van der Waals surface area contributed by atoms with Crippen molar-refractivity contribution in [3.05, 3.63) is 17.8 Å². The third-order valence-electron chi connectivity index (χ3n) is 2.59. The molecule has 0 atom stereocenters. The molecule has 2 rings (SSSR count). The average molecular weight is 165 g/mol. The van der Waals surface area contributed by atoms with E-state index in [0.29, 0.717) is 11.8 Å². The zero-order valence-electron chi connectivity index (χ0n) is 7.71. The first kappa shape index (κ1) is 7.84. The Morgan fingerprint density at radius 3 is 2.67 bits per heavy atom. The number of hydrogen-bond acceptors (Lipinski definition) is 2. The van der Waals surface area contributed by atoms with Crippen molar-refractivity contribution in [1.29, 1.82) is 0 Å². The highest BCUT2D eigenvalue weighted by Crippen LogP contribution is 2.36. The minimum absolute atomic E-state index is 0.488. The third kappa shape index (κ3) is 1.26. The quantitative estimate of drug-likeness (QED) is 0.673. The number of hydrogen-bond donors (Lipinski definition) is 0. The van der Waals surface area contributed by atoms with Gasteiger partial charge in [-0.05, 0) is 18.8 Å². The Balaban J connectivity index is 2.12. The van der Waals surface area contributed by atoms with Crippen LogP contribution in [-0.2, 0) is 0 Å². The van der Waals surface area contributed by atoms with Crippen LogP contribution < -0.4 is 0 Å². The molecule has 1 aromatic heterocycles. The number of aromatic nitrogens is 1. The summed E-state index contributed by atoms with van der Waals surface area (Å²) in [6.07, 6.45) is 5.67. The van der Waals surface area contributed by atoms with Gasteiger partial charge in [0.1, 0.15) is 6.26 Å². The number of oxazole rings is 1. The maximum atomic E-state index is 5.42. The lowest BCUT2D eigenvalue weighted by atomic mass is 9.85. The van der Waals surface area contributed by atoms with Crippen LogP contribution in [0.15, 0.2) is 10.7 Å². The van der Waals surface area contributed by atoms with Gasteiger partial charge >= 0.3 is 0 Å². The molecule has 0 radical (unpaired) electrons. The van der Waals surface area contributed by atoms with Crippen LogP contribution >= 0.6 is 0 Å². The molecule has 0 aliphatic heterocycles. The van der Waals surface area contributed by atoms with Crippen LogP contribution in [0.1, 0.15) is 56.5 Å². The van der Waals surface area contributed by atoms with Gasteiger partial charge in [0.15, 0.2) is 5.89 Å². The van der Waals surface area contributed by atoms with Gasteiger partial charge in [0.05, 0.1) is 5.69 Å². The predicted octanol–water partition coefficient (Wildman–Crippen LogP) is 3.07. The fraction of sp³-hybridized carbons (Fsp3) is 0.700. The molecule has 2 heteroatoms. The van der Waals surface area contributed by atoms with Gasteiger partial charge in [-0.1, -0.05) is 20.3 Å². The van der Waals surface area contributed by atoms with Gasteiger partial charge in [-0.25, -0.2) is 4.98 Å². The molecule has 0 N–H and O–H groups in total. The smallest absolute Gasteiger partial charge is 0.197 e. The Morgan fingerprint density at radius 1 is 1.50 bits per heavy atom. The molecule has 0 unspecified atom stereocenters. The van der Waals surface area contributed by atoms with Gasteiger partial charge in [-0.3, -0.25) is 0 Å². The highest BCUT2D eigenvalue weighted by atomic mass is 16.3. The second-order valence-electron chi connectivity index (χ2n) is 3.89. The van der Waals surface area contributed by atoms with Gasteiger partial charge in [0, 0.05) is 5.92 Å². The summed E-state index contributed by atoms with van der Waals surface area (Å²) in [5.41, 5.74) is 1.09. The molecular formula is C10H15NO. The summed E-state index contributed by atoms with van der Waals surface area (Å²) >= 11 is 0. The van der Waals surface area contributed by atoms with Crippen LogP contribution in [0.3, 0.4) is 0 Å². The molecule has 1 aliphatic rings. The Hall–Kier alpha value is -0.790. The molecule has 0 saturated heterocycles. The number of rotatable bonds is 2. The maximum Gasteiger partial charge on any atom is 0.197 e. The van der Waals surface area contributed by atoms with Gasteiger partial charge < -0.3 is 4.42 Å². The van der Waals surface area contributed by atoms with Gasteiger partial charge in [0.25, 0.3) is 0 Å². The van der Waals surface area contributed by atoms with Gasteiger partial charge in [0.2, 0.25) is 0 Å². The molecule has 66 valence electrons. The summed E-state index contributed by atoms with van der Waals surface area (Å²) in [6.45, 7) is 4.28. The van der Waals surface area contributed by atoms with Crippen molar-refractivity contribution in [2.24, 2.45) is 0 Å². The minimum Gasteiger partial charge on any atom is -0.448 e. The van der Waals surface area contributed by atoms with E-state index in [4.69, 9.17) is 4.42 Å². The van der Waals surface area contributed by atoms with Gasteiger partial charge in [-0.15, -0.1) is 0 Å². The molecular weight excluding hydrogens is 150 g/mol. The van der Waals surface area contributed by atoms with E-state index in [2.05, 4.69) is 18.8 Å². The predicted molar refractivity (Wildman–Crippen MR) is 47.2 cm³/mol. The Bertz CT molecular complexity index is 261.